The van der Waals surface area contributed by atoms with Crippen LogP contribution in [0.5, 0.6) is 0 Å². The van der Waals surface area contributed by atoms with Crippen LogP contribution in [-0.2, 0) is 0 Å². The highest BCUT2D eigenvalue weighted by molar-refractivity contribution is 5.82. The Morgan fingerprint density at radius 3 is 2.43 bits per heavy atom. The van der Waals surface area contributed by atoms with Crippen molar-refractivity contribution in [2.45, 2.75) is 46.7 Å². The third-order valence-corrected chi connectivity index (χ3v) is 4.23. The summed E-state index contributed by atoms with van der Waals surface area (Å²) in [4.78, 5) is 2.44. The second-order valence-corrected chi connectivity index (χ2v) is 5.86. The maximum Gasteiger partial charge on any atom is 0.134 e. The molecule has 2 aromatic rings. The van der Waals surface area contributed by atoms with Gasteiger partial charge in [0.25, 0.3) is 0 Å². The molecule has 2 rings (SSSR count). The van der Waals surface area contributed by atoms with E-state index in [1.165, 1.54) is 10.9 Å². The van der Waals surface area contributed by atoms with Gasteiger partial charge in [0.2, 0.25) is 0 Å². The molecular weight excluding hydrogens is 260 g/mol. The minimum atomic E-state index is 0.225. The first kappa shape index (κ1) is 16.1. The number of hydrogen-bond donors (Lipinski definition) is 1. The number of para-hydroxylation sites is 1. The van der Waals surface area contributed by atoms with E-state index in [4.69, 9.17) is 4.42 Å². The lowest BCUT2D eigenvalue weighted by Crippen LogP contribution is -2.40. The van der Waals surface area contributed by atoms with Gasteiger partial charge < -0.3 is 14.6 Å². The zero-order valence-corrected chi connectivity index (χ0v) is 13.9. The Hall–Kier alpha value is -1.32. The highest BCUT2D eigenvalue weighted by Crippen LogP contribution is 2.29. The number of nitrogens with one attached hydrogen (secondary N) is 1. The molecule has 0 bridgehead atoms. The number of rotatable bonds is 7. The van der Waals surface area contributed by atoms with Gasteiger partial charge in [-0.3, -0.25) is 0 Å². The highest BCUT2D eigenvalue weighted by atomic mass is 16.3. The van der Waals surface area contributed by atoms with Crippen molar-refractivity contribution in [1.82, 2.24) is 10.2 Å². The first-order chi connectivity index (χ1) is 10.1. The molecule has 0 aliphatic carbocycles. The van der Waals surface area contributed by atoms with Crippen LogP contribution in [0.1, 0.15) is 45.1 Å². The number of furan rings is 1. The number of fused-ring (bicyclic) bond motifs is 1. The van der Waals surface area contributed by atoms with Crippen LogP contribution in [0.25, 0.3) is 11.0 Å². The molecule has 3 nitrogen and oxygen atoms in total. The van der Waals surface area contributed by atoms with Gasteiger partial charge in [0.15, 0.2) is 0 Å². The second kappa shape index (κ2) is 7.10. The van der Waals surface area contributed by atoms with Gasteiger partial charge >= 0.3 is 0 Å². The molecule has 3 heteroatoms. The molecule has 0 aliphatic rings. The van der Waals surface area contributed by atoms with Crippen LogP contribution in [0.4, 0.5) is 0 Å². The molecule has 1 aromatic heterocycles. The fraction of sp³-hybridized carbons (Fsp3) is 0.556. The summed E-state index contributed by atoms with van der Waals surface area (Å²) >= 11 is 0. The number of aryl methyl sites for hydroxylation is 1. The lowest BCUT2D eigenvalue weighted by atomic mass is 10.1. The molecule has 0 radical (unpaired) electrons. The van der Waals surface area contributed by atoms with Crippen LogP contribution in [0.15, 0.2) is 28.7 Å². The molecule has 1 N–H and O–H groups in total. The van der Waals surface area contributed by atoms with Crippen molar-refractivity contribution < 1.29 is 4.42 Å². The van der Waals surface area contributed by atoms with Crippen LogP contribution < -0.4 is 5.32 Å². The predicted octanol–water partition coefficient (Wildman–Crippen LogP) is 4.12. The molecule has 2 unspecified atom stereocenters. The van der Waals surface area contributed by atoms with Crippen molar-refractivity contribution in [3.8, 4) is 0 Å². The second-order valence-electron chi connectivity index (χ2n) is 5.86. The van der Waals surface area contributed by atoms with Gasteiger partial charge in [-0.15, -0.1) is 0 Å². The molecule has 0 amide bonds. The summed E-state index contributed by atoms with van der Waals surface area (Å²) in [6, 6.07) is 8.92. The molecule has 116 valence electrons. The van der Waals surface area contributed by atoms with Crippen molar-refractivity contribution in [3.05, 3.63) is 35.6 Å². The van der Waals surface area contributed by atoms with Gasteiger partial charge in [0, 0.05) is 18.0 Å². The van der Waals surface area contributed by atoms with Gasteiger partial charge in [-0.2, -0.15) is 0 Å². The van der Waals surface area contributed by atoms with Crippen LogP contribution in [0.2, 0.25) is 0 Å². The zero-order chi connectivity index (χ0) is 15.4. The molecular formula is C18H28N2O. The fourth-order valence-corrected chi connectivity index (χ4v) is 3.03. The van der Waals surface area contributed by atoms with Crippen LogP contribution >= 0.6 is 0 Å². The maximum atomic E-state index is 6.04. The average Bonchev–Trinajstić information content (AvgIpc) is 2.82. The fourth-order valence-electron chi connectivity index (χ4n) is 3.03. The maximum absolute atomic E-state index is 6.04. The summed E-state index contributed by atoms with van der Waals surface area (Å²) in [6.07, 6.45) is 0. The van der Waals surface area contributed by atoms with E-state index in [1.54, 1.807) is 0 Å². The Bertz CT molecular complexity index is 572. The third kappa shape index (κ3) is 3.66. The molecule has 1 heterocycles. The third-order valence-electron chi connectivity index (χ3n) is 4.23. The number of nitrogens with zero attached hydrogens (tertiary/aromatic N) is 1. The minimum absolute atomic E-state index is 0.225. The van der Waals surface area contributed by atoms with Crippen molar-refractivity contribution >= 4 is 11.0 Å². The van der Waals surface area contributed by atoms with Crippen molar-refractivity contribution in [3.63, 3.8) is 0 Å². The largest absolute Gasteiger partial charge is 0.459 e. The summed E-state index contributed by atoms with van der Waals surface area (Å²) in [5.74, 6) is 1.06. The average molecular weight is 288 g/mol. The summed E-state index contributed by atoms with van der Waals surface area (Å²) in [6.45, 7) is 14.3. The van der Waals surface area contributed by atoms with Crippen molar-refractivity contribution in [2.24, 2.45) is 0 Å². The van der Waals surface area contributed by atoms with E-state index in [1.807, 2.05) is 12.1 Å². The molecule has 0 fully saturated rings. The Morgan fingerprint density at radius 2 is 1.81 bits per heavy atom. The summed E-state index contributed by atoms with van der Waals surface area (Å²) in [7, 11) is 0. The Morgan fingerprint density at radius 1 is 1.14 bits per heavy atom. The number of benzene rings is 1. The summed E-state index contributed by atoms with van der Waals surface area (Å²) < 4.78 is 6.04. The minimum Gasteiger partial charge on any atom is -0.459 e. The van der Waals surface area contributed by atoms with E-state index in [-0.39, 0.29) is 6.04 Å². The van der Waals surface area contributed by atoms with Crippen LogP contribution in [0.3, 0.4) is 0 Å². The van der Waals surface area contributed by atoms with Gasteiger partial charge in [-0.25, -0.2) is 0 Å². The lowest BCUT2D eigenvalue weighted by molar-refractivity contribution is 0.259. The van der Waals surface area contributed by atoms with E-state index in [2.05, 4.69) is 57.0 Å². The highest BCUT2D eigenvalue weighted by Gasteiger charge is 2.18. The van der Waals surface area contributed by atoms with Gasteiger partial charge in [0.05, 0.1) is 6.04 Å². The zero-order valence-electron chi connectivity index (χ0n) is 13.9. The molecule has 0 saturated heterocycles. The number of likely N-dealkylation sites (N-methyl/N-ethyl adjacent to an activating group) is 1. The van der Waals surface area contributed by atoms with Gasteiger partial charge in [0.1, 0.15) is 11.3 Å². The standard InChI is InChI=1S/C18H28N2O/c1-6-20(7-2)12-13(3)19-15(5)18-14(4)16-10-8-9-11-17(16)21-18/h8-11,13,15,19H,6-7,12H2,1-5H3. The summed E-state index contributed by atoms with van der Waals surface area (Å²) in [5, 5.41) is 4.88. The first-order valence-electron chi connectivity index (χ1n) is 8.03. The van der Waals surface area contributed by atoms with Gasteiger partial charge in [-0.05, 0) is 45.5 Å². The Balaban J connectivity index is 2.08. The van der Waals surface area contributed by atoms with E-state index in [0.717, 1.165) is 31.0 Å². The smallest absolute Gasteiger partial charge is 0.134 e. The lowest BCUT2D eigenvalue weighted by Gasteiger charge is -2.25. The van der Waals surface area contributed by atoms with E-state index >= 15 is 0 Å². The van der Waals surface area contributed by atoms with Crippen molar-refractivity contribution in [2.75, 3.05) is 19.6 Å². The van der Waals surface area contributed by atoms with E-state index < -0.39 is 0 Å². The molecule has 0 spiro atoms. The molecule has 2 atom stereocenters. The molecule has 0 saturated carbocycles. The Labute approximate surface area is 128 Å². The monoisotopic (exact) mass is 288 g/mol. The normalized spacial score (nSPS) is 14.8. The number of hydrogen-bond acceptors (Lipinski definition) is 3. The predicted molar refractivity (Wildman–Crippen MR) is 89.8 cm³/mol. The molecule has 21 heavy (non-hydrogen) atoms. The van der Waals surface area contributed by atoms with E-state index in [0.29, 0.717) is 6.04 Å². The molecule has 0 aliphatic heterocycles. The van der Waals surface area contributed by atoms with Gasteiger partial charge in [-0.1, -0.05) is 32.0 Å². The van der Waals surface area contributed by atoms with Crippen molar-refractivity contribution in [1.29, 1.82) is 0 Å². The SMILES string of the molecule is CCN(CC)CC(C)NC(C)c1oc2ccccc2c1C. The first-order valence-corrected chi connectivity index (χ1v) is 8.03. The quantitative estimate of drug-likeness (QED) is 0.830. The molecule has 1 aromatic carbocycles. The van der Waals surface area contributed by atoms with Crippen LogP contribution in [-0.4, -0.2) is 30.6 Å². The van der Waals surface area contributed by atoms with Crippen LogP contribution in [0, 0.1) is 6.92 Å². The summed E-state index contributed by atoms with van der Waals surface area (Å²) in [5.41, 5.74) is 2.23. The van der Waals surface area contributed by atoms with E-state index in [9.17, 15) is 0 Å². The Kier molecular flexibility index (Phi) is 5.43. The topological polar surface area (TPSA) is 28.4 Å².